The first-order valence-electron chi connectivity index (χ1n) is 8.70. The number of carbonyl (C=O) groups is 1. The van der Waals surface area contributed by atoms with Crippen molar-refractivity contribution in [3.63, 3.8) is 0 Å². The number of hydroxylamine groups is 2. The zero-order valence-electron chi connectivity index (χ0n) is 16.0. The maximum absolute atomic E-state index is 13.9. The molecule has 2 aromatic carbocycles. The summed E-state index contributed by atoms with van der Waals surface area (Å²) in [5, 5.41) is 1.14. The number of amides is 1. The van der Waals surface area contributed by atoms with E-state index in [2.05, 4.69) is 26.0 Å². The van der Waals surface area contributed by atoms with Crippen LogP contribution in [-0.2, 0) is 4.84 Å². The fourth-order valence-corrected chi connectivity index (χ4v) is 2.74. The first-order valence-corrected chi connectivity index (χ1v) is 8.70. The number of carbonyl (C=O) groups excluding carboxylic acids is 1. The molecule has 0 aliphatic carbocycles. The van der Waals surface area contributed by atoms with E-state index >= 15 is 0 Å². The van der Waals surface area contributed by atoms with Gasteiger partial charge in [0.2, 0.25) is 0 Å². The van der Waals surface area contributed by atoms with Gasteiger partial charge in [0, 0.05) is 0 Å². The van der Waals surface area contributed by atoms with Crippen molar-refractivity contribution in [1.82, 2.24) is 5.06 Å². The van der Waals surface area contributed by atoms with Crippen molar-refractivity contribution in [1.29, 1.82) is 0 Å². The van der Waals surface area contributed by atoms with Crippen LogP contribution < -0.4 is 4.74 Å². The Morgan fingerprint density at radius 3 is 2.46 bits per heavy atom. The fourth-order valence-electron chi connectivity index (χ4n) is 2.74. The van der Waals surface area contributed by atoms with Gasteiger partial charge in [-0.1, -0.05) is 38.1 Å². The van der Waals surface area contributed by atoms with E-state index in [1.807, 2.05) is 13.0 Å². The molecule has 1 unspecified atom stereocenters. The van der Waals surface area contributed by atoms with Gasteiger partial charge in [-0.05, 0) is 49.1 Å². The SMILES string of the molecule is CON(C(=O)c1ccccc1F)C(C)COc1cc(C)ccc1C(C)C. The molecule has 4 nitrogen and oxygen atoms in total. The topological polar surface area (TPSA) is 38.8 Å². The number of benzene rings is 2. The Bertz CT molecular complexity index is 761. The number of nitrogens with zero attached hydrogens (tertiary/aromatic N) is 1. The second-order valence-electron chi connectivity index (χ2n) is 6.65. The third-order valence-electron chi connectivity index (χ3n) is 4.17. The number of halogens is 1. The summed E-state index contributed by atoms with van der Waals surface area (Å²) in [7, 11) is 1.39. The van der Waals surface area contributed by atoms with E-state index in [0.29, 0.717) is 5.92 Å². The second kappa shape index (κ2) is 8.81. The molecule has 0 bridgehead atoms. The van der Waals surface area contributed by atoms with Crippen molar-refractivity contribution in [2.75, 3.05) is 13.7 Å². The lowest BCUT2D eigenvalue weighted by atomic mass is 10.0. The van der Waals surface area contributed by atoms with Crippen molar-refractivity contribution < 1.29 is 18.8 Å². The van der Waals surface area contributed by atoms with Crippen molar-refractivity contribution >= 4 is 5.91 Å². The van der Waals surface area contributed by atoms with Crippen LogP contribution in [0.4, 0.5) is 4.39 Å². The normalized spacial score (nSPS) is 12.1. The molecular weight excluding hydrogens is 333 g/mol. The highest BCUT2D eigenvalue weighted by Crippen LogP contribution is 2.28. The standard InChI is InChI=1S/C21H26FNO3/c1-14(2)17-11-10-15(3)12-20(17)26-13-16(4)23(25-5)21(24)18-8-6-7-9-19(18)22/h6-12,14,16H,13H2,1-5H3. The lowest BCUT2D eigenvalue weighted by molar-refractivity contribution is -0.126. The van der Waals surface area contributed by atoms with Gasteiger partial charge in [0.05, 0.1) is 18.7 Å². The minimum absolute atomic E-state index is 0.0281. The molecule has 0 spiro atoms. The first kappa shape index (κ1) is 19.9. The molecule has 0 aromatic heterocycles. The predicted octanol–water partition coefficient (Wildman–Crippen LogP) is 4.73. The zero-order valence-corrected chi connectivity index (χ0v) is 16.0. The van der Waals surface area contributed by atoms with Crippen LogP contribution in [0.2, 0.25) is 0 Å². The van der Waals surface area contributed by atoms with Crippen LogP contribution in [0.1, 0.15) is 48.2 Å². The van der Waals surface area contributed by atoms with Crippen LogP contribution in [0, 0.1) is 12.7 Å². The second-order valence-corrected chi connectivity index (χ2v) is 6.65. The summed E-state index contributed by atoms with van der Waals surface area (Å²) in [5.74, 6) is 0.00389. The first-order chi connectivity index (χ1) is 12.3. The molecule has 2 aromatic rings. The molecule has 0 fully saturated rings. The number of ether oxygens (including phenoxy) is 1. The summed E-state index contributed by atoms with van der Waals surface area (Å²) in [6, 6.07) is 11.5. The molecule has 0 aliphatic heterocycles. The lowest BCUT2D eigenvalue weighted by Crippen LogP contribution is -2.41. The van der Waals surface area contributed by atoms with Gasteiger partial charge in [-0.25, -0.2) is 9.45 Å². The minimum atomic E-state index is -0.576. The maximum Gasteiger partial charge on any atom is 0.280 e. The van der Waals surface area contributed by atoms with Gasteiger partial charge in [-0.15, -0.1) is 0 Å². The molecule has 1 amide bonds. The van der Waals surface area contributed by atoms with E-state index in [9.17, 15) is 9.18 Å². The number of hydrogen-bond donors (Lipinski definition) is 0. The van der Waals surface area contributed by atoms with Gasteiger partial charge in [0.25, 0.3) is 5.91 Å². The van der Waals surface area contributed by atoms with Crippen molar-refractivity contribution in [2.24, 2.45) is 0 Å². The van der Waals surface area contributed by atoms with Crippen LogP contribution >= 0.6 is 0 Å². The molecule has 2 rings (SSSR count). The molecule has 26 heavy (non-hydrogen) atoms. The molecule has 0 N–H and O–H groups in total. The van der Waals surface area contributed by atoms with E-state index in [-0.39, 0.29) is 12.2 Å². The largest absolute Gasteiger partial charge is 0.491 e. The van der Waals surface area contributed by atoms with Crippen LogP contribution in [0.15, 0.2) is 42.5 Å². The number of hydrogen-bond acceptors (Lipinski definition) is 3. The van der Waals surface area contributed by atoms with Crippen molar-refractivity contribution in [3.8, 4) is 5.75 Å². The van der Waals surface area contributed by atoms with Gasteiger partial charge in [0.15, 0.2) is 0 Å². The fraction of sp³-hybridized carbons (Fsp3) is 0.381. The average Bonchev–Trinajstić information content (AvgIpc) is 2.60. The minimum Gasteiger partial charge on any atom is -0.491 e. The van der Waals surface area contributed by atoms with E-state index in [0.717, 1.165) is 21.9 Å². The Hall–Kier alpha value is -2.40. The zero-order chi connectivity index (χ0) is 19.3. The van der Waals surface area contributed by atoms with E-state index < -0.39 is 17.8 Å². The number of rotatable bonds is 7. The Morgan fingerprint density at radius 1 is 1.15 bits per heavy atom. The molecule has 0 aliphatic rings. The van der Waals surface area contributed by atoms with Gasteiger partial charge in [0.1, 0.15) is 18.2 Å². The molecule has 5 heteroatoms. The van der Waals surface area contributed by atoms with Crippen molar-refractivity contribution in [3.05, 3.63) is 65.0 Å². The maximum atomic E-state index is 13.9. The van der Waals surface area contributed by atoms with E-state index in [4.69, 9.17) is 9.57 Å². The summed E-state index contributed by atoms with van der Waals surface area (Å²) < 4.78 is 19.9. The summed E-state index contributed by atoms with van der Waals surface area (Å²) >= 11 is 0. The Labute approximate surface area is 154 Å². The van der Waals surface area contributed by atoms with Crippen molar-refractivity contribution in [2.45, 2.75) is 39.7 Å². The molecule has 1 atom stereocenters. The third kappa shape index (κ3) is 4.61. The van der Waals surface area contributed by atoms with Crippen LogP contribution in [0.3, 0.4) is 0 Å². The Morgan fingerprint density at radius 2 is 1.85 bits per heavy atom. The summed E-state index contributed by atoms with van der Waals surface area (Å²) in [6.07, 6.45) is 0. The molecular formula is C21H26FNO3. The van der Waals surface area contributed by atoms with Gasteiger partial charge in [-0.3, -0.25) is 9.63 Å². The van der Waals surface area contributed by atoms with Gasteiger partial charge < -0.3 is 4.74 Å². The van der Waals surface area contributed by atoms with Crippen LogP contribution in [0.5, 0.6) is 5.75 Å². The monoisotopic (exact) mass is 359 g/mol. The molecule has 0 saturated heterocycles. The van der Waals surface area contributed by atoms with Gasteiger partial charge >= 0.3 is 0 Å². The average molecular weight is 359 g/mol. The van der Waals surface area contributed by atoms with Gasteiger partial charge in [-0.2, -0.15) is 0 Å². The third-order valence-corrected chi connectivity index (χ3v) is 4.17. The summed E-state index contributed by atoms with van der Waals surface area (Å²) in [6.45, 7) is 8.24. The summed E-state index contributed by atoms with van der Waals surface area (Å²) in [4.78, 5) is 17.8. The predicted molar refractivity (Wildman–Crippen MR) is 99.8 cm³/mol. The lowest BCUT2D eigenvalue weighted by Gasteiger charge is -2.27. The highest BCUT2D eigenvalue weighted by atomic mass is 19.1. The highest BCUT2D eigenvalue weighted by Gasteiger charge is 2.25. The molecule has 0 saturated carbocycles. The molecule has 0 heterocycles. The smallest absolute Gasteiger partial charge is 0.280 e. The van der Waals surface area contributed by atoms with E-state index in [1.54, 1.807) is 19.1 Å². The molecule has 0 radical (unpaired) electrons. The highest BCUT2D eigenvalue weighted by molar-refractivity contribution is 5.94. The van der Waals surface area contributed by atoms with Crippen LogP contribution in [0.25, 0.3) is 0 Å². The Kier molecular flexibility index (Phi) is 6.75. The Balaban J connectivity index is 2.13. The van der Waals surface area contributed by atoms with E-state index in [1.165, 1.54) is 19.2 Å². The van der Waals surface area contributed by atoms with Crippen LogP contribution in [-0.4, -0.2) is 30.7 Å². The summed E-state index contributed by atoms with van der Waals surface area (Å²) in [5.41, 5.74) is 2.18. The number of aryl methyl sites for hydroxylation is 1. The quantitative estimate of drug-likeness (QED) is 0.671. The molecule has 140 valence electrons.